The molecule has 0 heterocycles. The van der Waals surface area contributed by atoms with Crippen LogP contribution in [0, 0.1) is 5.92 Å². The highest BCUT2D eigenvalue weighted by atomic mass is 16.5. The molecule has 0 N–H and O–H groups in total. The molecule has 0 bridgehead atoms. The van der Waals surface area contributed by atoms with Crippen LogP contribution >= 0.6 is 0 Å². The summed E-state index contributed by atoms with van der Waals surface area (Å²) in [6.45, 7) is 3.19. The maximum atomic E-state index is 5.13. The van der Waals surface area contributed by atoms with Crippen molar-refractivity contribution < 1.29 is 4.74 Å². The fourth-order valence-electron chi connectivity index (χ4n) is 2.37. The van der Waals surface area contributed by atoms with Crippen LogP contribution in [0.1, 0.15) is 44.6 Å². The Kier molecular flexibility index (Phi) is 7.74. The molecule has 0 spiro atoms. The SMILES string of the molecule is CCCC(CCCOC)CCc1ccccc1. The number of hydrogen-bond acceptors (Lipinski definition) is 1. The second-order valence-electron chi connectivity index (χ2n) is 4.81. The maximum Gasteiger partial charge on any atom is 0.0462 e. The van der Waals surface area contributed by atoms with Gasteiger partial charge < -0.3 is 4.74 Å². The molecule has 0 amide bonds. The first kappa shape index (κ1) is 14.2. The minimum atomic E-state index is 0.871. The predicted octanol–water partition coefficient (Wildman–Crippen LogP) is 4.46. The van der Waals surface area contributed by atoms with Gasteiger partial charge in [0.05, 0.1) is 0 Å². The van der Waals surface area contributed by atoms with Crippen molar-refractivity contribution in [3.8, 4) is 0 Å². The number of ether oxygens (including phenoxy) is 1. The second-order valence-corrected chi connectivity index (χ2v) is 4.81. The first-order valence-electron chi connectivity index (χ1n) is 6.89. The van der Waals surface area contributed by atoms with Gasteiger partial charge >= 0.3 is 0 Å². The highest BCUT2D eigenvalue weighted by Crippen LogP contribution is 2.20. The molecule has 1 aromatic carbocycles. The van der Waals surface area contributed by atoms with Gasteiger partial charge in [-0.3, -0.25) is 0 Å². The van der Waals surface area contributed by atoms with Gasteiger partial charge in [0.25, 0.3) is 0 Å². The van der Waals surface area contributed by atoms with Crippen molar-refractivity contribution in [2.24, 2.45) is 5.92 Å². The van der Waals surface area contributed by atoms with Crippen LogP contribution in [-0.2, 0) is 11.2 Å². The summed E-state index contributed by atoms with van der Waals surface area (Å²) in [6, 6.07) is 10.8. The Morgan fingerprint density at radius 1 is 1.06 bits per heavy atom. The third-order valence-electron chi connectivity index (χ3n) is 3.34. The number of hydrogen-bond donors (Lipinski definition) is 0. The molecule has 0 fully saturated rings. The summed E-state index contributed by atoms with van der Waals surface area (Å²) in [5.74, 6) is 0.871. The molecule has 0 saturated heterocycles. The van der Waals surface area contributed by atoms with Crippen LogP contribution in [0.25, 0.3) is 0 Å². The lowest BCUT2D eigenvalue weighted by Crippen LogP contribution is -2.04. The van der Waals surface area contributed by atoms with E-state index in [4.69, 9.17) is 4.74 Å². The first-order chi connectivity index (χ1) is 8.36. The number of aryl methyl sites for hydroxylation is 1. The van der Waals surface area contributed by atoms with E-state index in [0.717, 1.165) is 12.5 Å². The molecule has 0 radical (unpaired) electrons. The van der Waals surface area contributed by atoms with Gasteiger partial charge in [0.2, 0.25) is 0 Å². The van der Waals surface area contributed by atoms with Crippen molar-refractivity contribution in [2.45, 2.75) is 45.4 Å². The molecule has 1 heteroatoms. The van der Waals surface area contributed by atoms with E-state index in [2.05, 4.69) is 37.3 Å². The van der Waals surface area contributed by atoms with Gasteiger partial charge in [0, 0.05) is 13.7 Å². The van der Waals surface area contributed by atoms with Crippen molar-refractivity contribution >= 4 is 0 Å². The highest BCUT2D eigenvalue weighted by molar-refractivity contribution is 5.14. The van der Waals surface area contributed by atoms with Gasteiger partial charge in [0.1, 0.15) is 0 Å². The lowest BCUT2D eigenvalue weighted by molar-refractivity contribution is 0.184. The lowest BCUT2D eigenvalue weighted by Gasteiger charge is -2.15. The first-order valence-corrected chi connectivity index (χ1v) is 6.89. The lowest BCUT2D eigenvalue weighted by atomic mass is 9.91. The fourth-order valence-corrected chi connectivity index (χ4v) is 2.37. The van der Waals surface area contributed by atoms with E-state index in [1.165, 1.54) is 44.1 Å². The Hall–Kier alpha value is -0.820. The summed E-state index contributed by atoms with van der Waals surface area (Å²) < 4.78 is 5.13. The Labute approximate surface area is 106 Å². The van der Waals surface area contributed by atoms with E-state index >= 15 is 0 Å². The van der Waals surface area contributed by atoms with Gasteiger partial charge in [-0.05, 0) is 37.2 Å². The van der Waals surface area contributed by atoms with Crippen molar-refractivity contribution in [1.29, 1.82) is 0 Å². The third-order valence-corrected chi connectivity index (χ3v) is 3.34. The van der Waals surface area contributed by atoms with E-state index in [1.54, 1.807) is 7.11 Å². The Balaban J connectivity index is 2.28. The molecular weight excluding hydrogens is 208 g/mol. The molecule has 0 aliphatic carbocycles. The number of methoxy groups -OCH3 is 1. The van der Waals surface area contributed by atoms with Crippen LogP contribution in [0.4, 0.5) is 0 Å². The Morgan fingerprint density at radius 2 is 1.82 bits per heavy atom. The molecular formula is C16H26O. The van der Waals surface area contributed by atoms with Crippen molar-refractivity contribution in [3.63, 3.8) is 0 Å². The van der Waals surface area contributed by atoms with Crippen molar-refractivity contribution in [3.05, 3.63) is 35.9 Å². The fraction of sp³-hybridized carbons (Fsp3) is 0.625. The van der Waals surface area contributed by atoms with Gasteiger partial charge in [-0.2, -0.15) is 0 Å². The minimum Gasteiger partial charge on any atom is -0.385 e. The summed E-state index contributed by atoms with van der Waals surface area (Å²) in [5, 5.41) is 0. The Morgan fingerprint density at radius 3 is 2.47 bits per heavy atom. The minimum absolute atomic E-state index is 0.871. The molecule has 1 nitrogen and oxygen atoms in total. The second kappa shape index (κ2) is 9.23. The monoisotopic (exact) mass is 234 g/mol. The average Bonchev–Trinajstić information content (AvgIpc) is 2.37. The summed E-state index contributed by atoms with van der Waals surface area (Å²) in [6.07, 6.45) is 7.72. The third kappa shape index (κ3) is 6.48. The van der Waals surface area contributed by atoms with Crippen LogP contribution in [0.3, 0.4) is 0 Å². The zero-order chi connectivity index (χ0) is 12.3. The summed E-state index contributed by atoms with van der Waals surface area (Å²) >= 11 is 0. The molecule has 1 unspecified atom stereocenters. The maximum absolute atomic E-state index is 5.13. The molecule has 96 valence electrons. The topological polar surface area (TPSA) is 9.23 Å². The van der Waals surface area contributed by atoms with Gasteiger partial charge in [0.15, 0.2) is 0 Å². The van der Waals surface area contributed by atoms with Crippen LogP contribution in [0.5, 0.6) is 0 Å². The van der Waals surface area contributed by atoms with Crippen LogP contribution in [0.15, 0.2) is 30.3 Å². The van der Waals surface area contributed by atoms with Gasteiger partial charge in [-0.25, -0.2) is 0 Å². The zero-order valence-electron chi connectivity index (χ0n) is 11.3. The van der Waals surface area contributed by atoms with Crippen molar-refractivity contribution in [1.82, 2.24) is 0 Å². The smallest absolute Gasteiger partial charge is 0.0462 e. The molecule has 1 aromatic rings. The van der Waals surface area contributed by atoms with E-state index in [9.17, 15) is 0 Å². The molecule has 1 atom stereocenters. The summed E-state index contributed by atoms with van der Waals surface area (Å²) in [4.78, 5) is 0. The highest BCUT2D eigenvalue weighted by Gasteiger charge is 2.07. The molecule has 1 rings (SSSR count). The van der Waals surface area contributed by atoms with Crippen LogP contribution < -0.4 is 0 Å². The molecule has 0 aromatic heterocycles. The van der Waals surface area contributed by atoms with E-state index < -0.39 is 0 Å². The largest absolute Gasteiger partial charge is 0.385 e. The van der Waals surface area contributed by atoms with E-state index in [-0.39, 0.29) is 0 Å². The summed E-state index contributed by atoms with van der Waals surface area (Å²) in [5.41, 5.74) is 1.47. The molecule has 0 saturated carbocycles. The predicted molar refractivity (Wildman–Crippen MR) is 74.3 cm³/mol. The quantitative estimate of drug-likeness (QED) is 0.573. The number of benzene rings is 1. The number of rotatable bonds is 9. The van der Waals surface area contributed by atoms with Crippen LogP contribution in [0.2, 0.25) is 0 Å². The average molecular weight is 234 g/mol. The van der Waals surface area contributed by atoms with Gasteiger partial charge in [-0.15, -0.1) is 0 Å². The van der Waals surface area contributed by atoms with E-state index in [1.807, 2.05) is 0 Å². The summed E-state index contributed by atoms with van der Waals surface area (Å²) in [7, 11) is 1.79. The Bertz CT molecular complexity index is 268. The normalized spacial score (nSPS) is 12.6. The van der Waals surface area contributed by atoms with Gasteiger partial charge in [-0.1, -0.05) is 50.1 Å². The molecule has 0 aliphatic rings. The zero-order valence-corrected chi connectivity index (χ0v) is 11.3. The van der Waals surface area contributed by atoms with Crippen molar-refractivity contribution in [2.75, 3.05) is 13.7 Å². The molecule has 17 heavy (non-hydrogen) atoms. The standard InChI is InChI=1S/C16H26O/c1-3-8-15(11-7-14-17-2)12-13-16-9-5-4-6-10-16/h4-6,9-10,15H,3,7-8,11-14H2,1-2H3. The van der Waals surface area contributed by atoms with E-state index in [0.29, 0.717) is 0 Å². The molecule has 0 aliphatic heterocycles. The van der Waals surface area contributed by atoms with Crippen LogP contribution in [-0.4, -0.2) is 13.7 Å².